The third kappa shape index (κ3) is 3.70. The topological polar surface area (TPSA) is 58.2 Å². The molecule has 0 unspecified atom stereocenters. The molecular weight excluding hydrogens is 296 g/mol. The zero-order valence-electron chi connectivity index (χ0n) is 9.87. The van der Waals surface area contributed by atoms with Gasteiger partial charge in [-0.3, -0.25) is 4.79 Å². The number of halogens is 3. The van der Waals surface area contributed by atoms with Crippen molar-refractivity contribution in [3.8, 4) is 0 Å². The molecule has 1 rings (SSSR count). The molecule has 1 N–H and O–H groups in total. The first kappa shape index (κ1) is 15.5. The number of nitrogens with one attached hydrogen (secondary N) is 1. The molecule has 0 saturated heterocycles. The third-order valence-electron chi connectivity index (χ3n) is 2.59. The highest BCUT2D eigenvalue weighted by Gasteiger charge is 2.34. The third-order valence-corrected chi connectivity index (χ3v) is 3.10. The highest BCUT2D eigenvalue weighted by molar-refractivity contribution is 6.77. The number of aromatic nitrogens is 1. The summed E-state index contributed by atoms with van der Waals surface area (Å²) in [6, 6.07) is 3.27. The lowest BCUT2D eigenvalue weighted by atomic mass is 10.1. The Hall–Kier alpha value is -0.580. The second kappa shape index (κ2) is 6.55. The molecule has 1 aromatic rings. The van der Waals surface area contributed by atoms with Crippen LogP contribution in [0.3, 0.4) is 0 Å². The Bertz CT molecular complexity index is 425. The van der Waals surface area contributed by atoms with Crippen LogP contribution in [0.5, 0.6) is 0 Å². The first-order chi connectivity index (χ1) is 8.41. The van der Waals surface area contributed by atoms with Gasteiger partial charge in [-0.05, 0) is 18.6 Å². The van der Waals surface area contributed by atoms with Crippen molar-refractivity contribution in [3.63, 3.8) is 0 Å². The molecule has 0 aromatic carbocycles. The van der Waals surface area contributed by atoms with E-state index in [0.29, 0.717) is 12.2 Å². The Balaban J connectivity index is 3.06. The number of alkyl halides is 3. The monoisotopic (exact) mass is 309 g/mol. The van der Waals surface area contributed by atoms with Gasteiger partial charge in [0, 0.05) is 6.20 Å². The summed E-state index contributed by atoms with van der Waals surface area (Å²) in [6.45, 7) is 2.33. The van der Waals surface area contributed by atoms with E-state index in [1.54, 1.807) is 22.9 Å². The van der Waals surface area contributed by atoms with E-state index < -0.39 is 9.58 Å². The maximum atomic E-state index is 12.0. The number of hydrogen-bond acceptors (Lipinski definition) is 3. The summed E-state index contributed by atoms with van der Waals surface area (Å²) in [5.41, 5.74) is 7.29. The molecule has 0 fully saturated rings. The minimum atomic E-state index is -1.97. The van der Waals surface area contributed by atoms with E-state index in [4.69, 9.17) is 40.3 Å². The Morgan fingerprint density at radius 3 is 2.72 bits per heavy atom. The maximum Gasteiger partial charge on any atom is 0.255 e. The standard InChI is InChI=1S/C11H14Cl3N3O/c1-2-4-8(7-16-15)17-6-3-5-9(17)10(18)11(12,13)14/h3,5-6,8,15H,2,4,7H2,1H3/t8-/m0/s1. The summed E-state index contributed by atoms with van der Waals surface area (Å²) in [5, 5.41) is 3.39. The molecule has 1 heterocycles. The molecular formula is C11H14Cl3N3O. The lowest BCUT2D eigenvalue weighted by molar-refractivity contribution is 0.0985. The SMILES string of the molecule is CCC[C@@H](CN=N)n1cccc1C(=O)C(Cl)(Cl)Cl. The lowest BCUT2D eigenvalue weighted by Gasteiger charge is -2.20. The summed E-state index contributed by atoms with van der Waals surface area (Å²) in [4.78, 5) is 12.0. The molecule has 0 aliphatic rings. The fourth-order valence-electron chi connectivity index (χ4n) is 1.81. The fourth-order valence-corrected chi connectivity index (χ4v) is 2.10. The molecule has 7 heteroatoms. The normalized spacial score (nSPS) is 13.3. The molecule has 100 valence electrons. The average molecular weight is 311 g/mol. The van der Waals surface area contributed by atoms with Gasteiger partial charge in [-0.1, -0.05) is 48.1 Å². The Morgan fingerprint density at radius 1 is 1.56 bits per heavy atom. The summed E-state index contributed by atoms with van der Waals surface area (Å²) in [6.07, 6.45) is 3.46. The van der Waals surface area contributed by atoms with Crippen LogP contribution in [0.25, 0.3) is 0 Å². The summed E-state index contributed by atoms with van der Waals surface area (Å²) >= 11 is 16.8. The predicted molar refractivity (Wildman–Crippen MR) is 73.0 cm³/mol. The number of hydrogen-bond donors (Lipinski definition) is 1. The highest BCUT2D eigenvalue weighted by atomic mass is 35.6. The van der Waals surface area contributed by atoms with E-state index in [-0.39, 0.29) is 6.04 Å². The van der Waals surface area contributed by atoms with Crippen molar-refractivity contribution < 1.29 is 4.79 Å². The van der Waals surface area contributed by atoms with Crippen molar-refractivity contribution in [2.75, 3.05) is 6.54 Å². The van der Waals surface area contributed by atoms with Gasteiger partial charge >= 0.3 is 0 Å². The molecule has 0 aliphatic carbocycles. The number of Topliss-reactive ketones (excluding diaryl/α,β-unsaturated/α-hetero) is 1. The van der Waals surface area contributed by atoms with Gasteiger partial charge in [0.2, 0.25) is 5.78 Å². The molecule has 0 radical (unpaired) electrons. The lowest BCUT2D eigenvalue weighted by Crippen LogP contribution is -2.25. The van der Waals surface area contributed by atoms with E-state index in [0.717, 1.165) is 12.8 Å². The van der Waals surface area contributed by atoms with Gasteiger partial charge in [0.05, 0.1) is 18.3 Å². The van der Waals surface area contributed by atoms with Gasteiger partial charge in [0.15, 0.2) is 0 Å². The highest BCUT2D eigenvalue weighted by Crippen LogP contribution is 2.32. The van der Waals surface area contributed by atoms with Crippen molar-refractivity contribution in [2.45, 2.75) is 29.6 Å². The van der Waals surface area contributed by atoms with Crippen LogP contribution in [0.4, 0.5) is 0 Å². The van der Waals surface area contributed by atoms with Crippen LogP contribution in [0.1, 0.15) is 36.3 Å². The molecule has 0 spiro atoms. The van der Waals surface area contributed by atoms with Gasteiger partial charge in [0.25, 0.3) is 3.79 Å². The second-order valence-corrected chi connectivity index (χ2v) is 6.19. The van der Waals surface area contributed by atoms with Crippen molar-refractivity contribution in [1.82, 2.24) is 4.57 Å². The molecule has 18 heavy (non-hydrogen) atoms. The first-order valence-corrected chi connectivity index (χ1v) is 6.66. The maximum absolute atomic E-state index is 12.0. The molecule has 0 saturated carbocycles. The zero-order chi connectivity index (χ0) is 13.8. The van der Waals surface area contributed by atoms with Crippen molar-refractivity contribution in [1.29, 1.82) is 5.53 Å². The summed E-state index contributed by atoms with van der Waals surface area (Å²) in [7, 11) is 0. The first-order valence-electron chi connectivity index (χ1n) is 5.53. The van der Waals surface area contributed by atoms with Crippen molar-refractivity contribution in [2.24, 2.45) is 5.11 Å². The largest absolute Gasteiger partial charge is 0.340 e. The molecule has 0 aliphatic heterocycles. The van der Waals surface area contributed by atoms with Gasteiger partial charge in [-0.2, -0.15) is 5.11 Å². The van der Waals surface area contributed by atoms with E-state index in [9.17, 15) is 4.79 Å². The van der Waals surface area contributed by atoms with Crippen LogP contribution in [-0.2, 0) is 0 Å². The van der Waals surface area contributed by atoms with E-state index >= 15 is 0 Å². The second-order valence-electron chi connectivity index (χ2n) is 3.91. The van der Waals surface area contributed by atoms with Gasteiger partial charge in [-0.15, -0.1) is 0 Å². The number of ketones is 1. The van der Waals surface area contributed by atoms with Crippen LogP contribution >= 0.6 is 34.8 Å². The van der Waals surface area contributed by atoms with E-state index in [1.807, 2.05) is 6.92 Å². The van der Waals surface area contributed by atoms with Crippen LogP contribution in [0.2, 0.25) is 0 Å². The Morgan fingerprint density at radius 2 is 2.22 bits per heavy atom. The molecule has 0 bridgehead atoms. The number of nitrogens with zero attached hydrogens (tertiary/aromatic N) is 2. The molecule has 1 atom stereocenters. The Kier molecular flexibility index (Phi) is 5.63. The minimum absolute atomic E-state index is 0.0613. The summed E-state index contributed by atoms with van der Waals surface area (Å²) < 4.78 is -0.239. The predicted octanol–water partition coefficient (Wildman–Crippen LogP) is 4.41. The van der Waals surface area contributed by atoms with Crippen LogP contribution < -0.4 is 0 Å². The number of carbonyl (C=O) groups is 1. The minimum Gasteiger partial charge on any atom is -0.340 e. The van der Waals surface area contributed by atoms with Crippen molar-refractivity contribution >= 4 is 40.6 Å². The van der Waals surface area contributed by atoms with Crippen LogP contribution in [-0.4, -0.2) is 20.7 Å². The van der Waals surface area contributed by atoms with Gasteiger partial charge in [0.1, 0.15) is 0 Å². The van der Waals surface area contributed by atoms with E-state index in [1.165, 1.54) is 0 Å². The van der Waals surface area contributed by atoms with Gasteiger partial charge in [-0.25, -0.2) is 5.53 Å². The van der Waals surface area contributed by atoms with Gasteiger partial charge < -0.3 is 4.57 Å². The number of rotatable bonds is 6. The van der Waals surface area contributed by atoms with Crippen LogP contribution in [0.15, 0.2) is 23.4 Å². The van der Waals surface area contributed by atoms with Crippen molar-refractivity contribution in [3.05, 3.63) is 24.0 Å². The smallest absolute Gasteiger partial charge is 0.255 e. The average Bonchev–Trinajstić information content (AvgIpc) is 2.75. The molecule has 0 amide bonds. The zero-order valence-corrected chi connectivity index (χ0v) is 12.1. The molecule has 4 nitrogen and oxygen atoms in total. The molecule has 1 aromatic heterocycles. The van der Waals surface area contributed by atoms with E-state index in [2.05, 4.69) is 5.11 Å². The quantitative estimate of drug-likeness (QED) is 0.472. The fraction of sp³-hybridized carbons (Fsp3) is 0.545. The number of carbonyl (C=O) groups excluding carboxylic acids is 1. The van der Waals surface area contributed by atoms with Crippen LogP contribution in [0, 0.1) is 5.53 Å². The summed E-state index contributed by atoms with van der Waals surface area (Å²) in [5.74, 6) is -0.566. The Labute approximate surface area is 121 Å².